The maximum absolute atomic E-state index is 10.6. The Bertz CT molecular complexity index is 352. The Morgan fingerprint density at radius 3 is 2.53 bits per heavy atom. The summed E-state index contributed by atoms with van der Waals surface area (Å²) in [5.41, 5.74) is 2.28. The maximum Gasteiger partial charge on any atom is 0.306 e. The Kier molecular flexibility index (Phi) is 4.10. The molecule has 0 aliphatic heterocycles. The lowest BCUT2D eigenvalue weighted by Crippen LogP contribution is -2.07. The van der Waals surface area contributed by atoms with Gasteiger partial charge in [0.2, 0.25) is 0 Å². The summed E-state index contributed by atoms with van der Waals surface area (Å²) in [4.78, 5) is 10.6. The second-order valence-corrected chi connectivity index (χ2v) is 3.73. The molecule has 0 radical (unpaired) electrons. The van der Waals surface area contributed by atoms with Crippen molar-refractivity contribution < 1.29 is 9.90 Å². The van der Waals surface area contributed by atoms with Gasteiger partial charge < -0.3 is 5.11 Å². The standard InChI is InChI=1S/C13H16O2/c1-10(8-9-11(2)13(14)15)12-6-4-3-5-7-12/h3-8,11H,9H2,1-2H3,(H,14,15). The zero-order valence-corrected chi connectivity index (χ0v) is 9.10. The SMILES string of the molecule is CC(=CCC(C)C(=O)O)c1ccccc1. The topological polar surface area (TPSA) is 37.3 Å². The highest BCUT2D eigenvalue weighted by atomic mass is 16.4. The number of rotatable bonds is 4. The molecule has 15 heavy (non-hydrogen) atoms. The monoisotopic (exact) mass is 204 g/mol. The molecule has 1 aromatic rings. The molecule has 0 fully saturated rings. The van der Waals surface area contributed by atoms with Crippen molar-refractivity contribution in [2.24, 2.45) is 5.92 Å². The van der Waals surface area contributed by atoms with Gasteiger partial charge in [-0.1, -0.05) is 43.3 Å². The zero-order valence-electron chi connectivity index (χ0n) is 9.10. The zero-order chi connectivity index (χ0) is 11.3. The molecule has 2 nitrogen and oxygen atoms in total. The number of carboxylic acid groups (broad SMARTS) is 1. The summed E-state index contributed by atoms with van der Waals surface area (Å²) < 4.78 is 0. The van der Waals surface area contributed by atoms with Gasteiger partial charge in [0.25, 0.3) is 0 Å². The molecule has 0 aromatic heterocycles. The molecule has 1 aromatic carbocycles. The van der Waals surface area contributed by atoms with Crippen LogP contribution in [0.5, 0.6) is 0 Å². The van der Waals surface area contributed by atoms with Crippen LogP contribution >= 0.6 is 0 Å². The number of carboxylic acids is 1. The fraction of sp³-hybridized carbons (Fsp3) is 0.308. The van der Waals surface area contributed by atoms with Crippen LogP contribution in [0.1, 0.15) is 25.8 Å². The number of hydrogen-bond donors (Lipinski definition) is 1. The number of carbonyl (C=O) groups is 1. The summed E-state index contributed by atoms with van der Waals surface area (Å²) in [6, 6.07) is 9.98. The lowest BCUT2D eigenvalue weighted by molar-refractivity contribution is -0.140. The van der Waals surface area contributed by atoms with E-state index in [0.717, 1.165) is 11.1 Å². The van der Waals surface area contributed by atoms with Crippen molar-refractivity contribution in [3.8, 4) is 0 Å². The summed E-state index contributed by atoms with van der Waals surface area (Å²) in [5.74, 6) is -1.06. The van der Waals surface area contributed by atoms with Crippen molar-refractivity contribution in [1.29, 1.82) is 0 Å². The number of aliphatic carboxylic acids is 1. The van der Waals surface area contributed by atoms with Gasteiger partial charge in [-0.3, -0.25) is 4.79 Å². The molecule has 0 saturated carbocycles. The van der Waals surface area contributed by atoms with Crippen molar-refractivity contribution in [3.05, 3.63) is 42.0 Å². The quantitative estimate of drug-likeness (QED) is 0.817. The van der Waals surface area contributed by atoms with E-state index in [4.69, 9.17) is 5.11 Å². The molecular formula is C13H16O2. The normalized spacial score (nSPS) is 13.6. The summed E-state index contributed by atoms with van der Waals surface area (Å²) >= 11 is 0. The van der Waals surface area contributed by atoms with Crippen LogP contribution in [-0.4, -0.2) is 11.1 Å². The van der Waals surface area contributed by atoms with Crippen molar-refractivity contribution in [2.75, 3.05) is 0 Å². The predicted molar refractivity (Wildman–Crippen MR) is 61.5 cm³/mol. The maximum atomic E-state index is 10.6. The molecule has 1 atom stereocenters. The van der Waals surface area contributed by atoms with E-state index >= 15 is 0 Å². The van der Waals surface area contributed by atoms with Gasteiger partial charge in [0, 0.05) is 0 Å². The smallest absolute Gasteiger partial charge is 0.306 e. The molecule has 0 spiro atoms. The molecule has 0 heterocycles. The average molecular weight is 204 g/mol. The minimum atomic E-state index is -0.743. The molecule has 1 unspecified atom stereocenters. The molecular weight excluding hydrogens is 188 g/mol. The largest absolute Gasteiger partial charge is 0.481 e. The van der Waals surface area contributed by atoms with Crippen LogP contribution < -0.4 is 0 Å². The van der Waals surface area contributed by atoms with Gasteiger partial charge in [-0.15, -0.1) is 0 Å². The number of allylic oxidation sites excluding steroid dienone is 2. The molecule has 0 aliphatic rings. The van der Waals surface area contributed by atoms with Crippen molar-refractivity contribution in [1.82, 2.24) is 0 Å². The van der Waals surface area contributed by atoms with Crippen LogP contribution in [0.2, 0.25) is 0 Å². The second kappa shape index (κ2) is 5.35. The molecule has 80 valence electrons. The average Bonchev–Trinajstić information content (AvgIpc) is 2.26. The van der Waals surface area contributed by atoms with Gasteiger partial charge in [-0.25, -0.2) is 0 Å². The minimum Gasteiger partial charge on any atom is -0.481 e. The lowest BCUT2D eigenvalue weighted by Gasteiger charge is -2.04. The minimum absolute atomic E-state index is 0.316. The second-order valence-electron chi connectivity index (χ2n) is 3.73. The Morgan fingerprint density at radius 2 is 2.00 bits per heavy atom. The third kappa shape index (κ3) is 3.58. The molecule has 2 heteroatoms. The van der Waals surface area contributed by atoms with E-state index in [9.17, 15) is 4.79 Å². The predicted octanol–water partition coefficient (Wildman–Crippen LogP) is 3.20. The van der Waals surface area contributed by atoms with E-state index < -0.39 is 5.97 Å². The number of benzene rings is 1. The van der Waals surface area contributed by atoms with Gasteiger partial charge >= 0.3 is 5.97 Å². The molecule has 0 amide bonds. The van der Waals surface area contributed by atoms with Crippen molar-refractivity contribution >= 4 is 11.5 Å². The first-order valence-electron chi connectivity index (χ1n) is 5.06. The van der Waals surface area contributed by atoms with E-state index in [-0.39, 0.29) is 5.92 Å². The van der Waals surface area contributed by atoms with Crippen LogP contribution in [0.15, 0.2) is 36.4 Å². The molecule has 1 N–H and O–H groups in total. The molecule has 0 saturated heterocycles. The molecule has 0 aliphatic carbocycles. The van der Waals surface area contributed by atoms with Crippen molar-refractivity contribution in [2.45, 2.75) is 20.3 Å². The Morgan fingerprint density at radius 1 is 1.40 bits per heavy atom. The highest BCUT2D eigenvalue weighted by Crippen LogP contribution is 2.15. The van der Waals surface area contributed by atoms with Gasteiger partial charge in [0.05, 0.1) is 5.92 Å². The van der Waals surface area contributed by atoms with E-state index in [0.29, 0.717) is 6.42 Å². The first kappa shape index (κ1) is 11.5. The summed E-state index contributed by atoms with van der Waals surface area (Å²) in [5, 5.41) is 8.74. The van der Waals surface area contributed by atoms with Gasteiger partial charge in [0.15, 0.2) is 0 Å². The van der Waals surface area contributed by atoms with E-state index in [1.54, 1.807) is 6.92 Å². The van der Waals surface area contributed by atoms with Gasteiger partial charge in [-0.2, -0.15) is 0 Å². The third-order valence-electron chi connectivity index (χ3n) is 2.43. The Labute approximate surface area is 90.3 Å². The van der Waals surface area contributed by atoms with E-state index in [2.05, 4.69) is 0 Å². The highest BCUT2D eigenvalue weighted by molar-refractivity contribution is 5.70. The highest BCUT2D eigenvalue weighted by Gasteiger charge is 2.08. The van der Waals surface area contributed by atoms with E-state index in [1.165, 1.54) is 0 Å². The van der Waals surface area contributed by atoms with Gasteiger partial charge in [-0.05, 0) is 24.5 Å². The molecule has 0 bridgehead atoms. The Balaban J connectivity index is 2.65. The fourth-order valence-electron chi connectivity index (χ4n) is 1.27. The summed E-state index contributed by atoms with van der Waals surface area (Å²) in [6.45, 7) is 3.72. The summed E-state index contributed by atoms with van der Waals surface area (Å²) in [7, 11) is 0. The van der Waals surface area contributed by atoms with E-state index in [1.807, 2.05) is 43.3 Å². The summed E-state index contributed by atoms with van der Waals surface area (Å²) in [6.07, 6.45) is 2.56. The fourth-order valence-corrected chi connectivity index (χ4v) is 1.27. The third-order valence-corrected chi connectivity index (χ3v) is 2.43. The van der Waals surface area contributed by atoms with Crippen molar-refractivity contribution in [3.63, 3.8) is 0 Å². The first-order valence-corrected chi connectivity index (χ1v) is 5.06. The van der Waals surface area contributed by atoms with Crippen LogP contribution in [0.25, 0.3) is 5.57 Å². The Hall–Kier alpha value is -1.57. The van der Waals surface area contributed by atoms with Gasteiger partial charge in [0.1, 0.15) is 0 Å². The van der Waals surface area contributed by atoms with Crippen LogP contribution in [0, 0.1) is 5.92 Å². The first-order chi connectivity index (χ1) is 7.11. The van der Waals surface area contributed by atoms with Crippen LogP contribution in [0.4, 0.5) is 0 Å². The van der Waals surface area contributed by atoms with Crippen LogP contribution in [0.3, 0.4) is 0 Å². The number of hydrogen-bond acceptors (Lipinski definition) is 1. The lowest BCUT2D eigenvalue weighted by atomic mass is 10.0. The molecule has 1 rings (SSSR count). The van der Waals surface area contributed by atoms with Crippen LogP contribution in [-0.2, 0) is 4.79 Å².